The Balaban J connectivity index is 1.43. The summed E-state index contributed by atoms with van der Waals surface area (Å²) in [5.74, 6) is 1.76. The van der Waals surface area contributed by atoms with Crippen LogP contribution in [0.15, 0.2) is 65.5 Å². The summed E-state index contributed by atoms with van der Waals surface area (Å²) in [4.78, 5) is 32.0. The molecule has 0 spiro atoms. The molecule has 1 N–H and O–H groups in total. The SMILES string of the molecule is COc1ccc2c(c1OC)c(=O)n1c3ccccc3c3cc(C(=O)NCc4ccc5c(c4)OCO5)nc2c31. The van der Waals surface area contributed by atoms with Gasteiger partial charge in [0.05, 0.1) is 36.2 Å². The van der Waals surface area contributed by atoms with Crippen molar-refractivity contribution in [2.45, 2.75) is 6.54 Å². The van der Waals surface area contributed by atoms with Crippen molar-refractivity contribution in [1.82, 2.24) is 14.7 Å². The van der Waals surface area contributed by atoms with Crippen LogP contribution in [0.3, 0.4) is 0 Å². The second-order valence-corrected chi connectivity index (χ2v) is 9.00. The van der Waals surface area contributed by atoms with Crippen LogP contribution in [0, 0.1) is 0 Å². The summed E-state index contributed by atoms with van der Waals surface area (Å²) >= 11 is 0. The van der Waals surface area contributed by atoms with Crippen LogP contribution in [0.1, 0.15) is 16.1 Å². The maximum absolute atomic E-state index is 13.9. The number of nitrogens with one attached hydrogen (secondary N) is 1. The van der Waals surface area contributed by atoms with Gasteiger partial charge >= 0.3 is 0 Å². The van der Waals surface area contributed by atoms with Crippen molar-refractivity contribution in [2.75, 3.05) is 21.0 Å². The zero-order chi connectivity index (χ0) is 26.0. The van der Waals surface area contributed by atoms with Gasteiger partial charge in [-0.15, -0.1) is 0 Å². The third kappa shape index (κ3) is 3.08. The number of aromatic nitrogens is 2. The number of amides is 1. The lowest BCUT2D eigenvalue weighted by Gasteiger charge is -2.13. The second-order valence-electron chi connectivity index (χ2n) is 9.00. The number of hydrogen-bond acceptors (Lipinski definition) is 7. The fourth-order valence-corrected chi connectivity index (χ4v) is 5.27. The molecule has 0 bridgehead atoms. The Morgan fingerprint density at radius 3 is 2.66 bits per heavy atom. The van der Waals surface area contributed by atoms with Crippen LogP contribution < -0.4 is 29.8 Å². The molecule has 0 unspecified atom stereocenters. The van der Waals surface area contributed by atoms with Gasteiger partial charge in [-0.3, -0.25) is 14.0 Å². The normalized spacial score (nSPS) is 12.6. The Morgan fingerprint density at radius 1 is 0.974 bits per heavy atom. The minimum atomic E-state index is -0.337. The second kappa shape index (κ2) is 8.24. The number of para-hydroxylation sites is 1. The van der Waals surface area contributed by atoms with Gasteiger partial charge in [-0.1, -0.05) is 24.3 Å². The highest BCUT2D eigenvalue weighted by molar-refractivity contribution is 6.21. The van der Waals surface area contributed by atoms with E-state index in [1.54, 1.807) is 22.6 Å². The first-order valence-electron chi connectivity index (χ1n) is 12.0. The van der Waals surface area contributed by atoms with Crippen LogP contribution in [0.4, 0.5) is 0 Å². The topological polar surface area (TPSA) is 100 Å². The lowest BCUT2D eigenvalue weighted by atomic mass is 10.1. The predicted molar refractivity (Wildman–Crippen MR) is 142 cm³/mol. The molecule has 0 saturated heterocycles. The molecular weight excluding hydrogens is 486 g/mol. The largest absolute Gasteiger partial charge is 0.493 e. The van der Waals surface area contributed by atoms with Crippen LogP contribution >= 0.6 is 0 Å². The summed E-state index contributed by atoms with van der Waals surface area (Å²) < 4.78 is 23.5. The summed E-state index contributed by atoms with van der Waals surface area (Å²) in [6.07, 6.45) is 0. The highest BCUT2D eigenvalue weighted by Gasteiger charge is 2.24. The van der Waals surface area contributed by atoms with E-state index >= 15 is 0 Å². The first-order chi connectivity index (χ1) is 18.6. The third-order valence-corrected chi connectivity index (χ3v) is 6.99. The Bertz CT molecular complexity index is 1980. The van der Waals surface area contributed by atoms with Gasteiger partial charge in [-0.2, -0.15) is 0 Å². The zero-order valence-corrected chi connectivity index (χ0v) is 20.5. The monoisotopic (exact) mass is 507 g/mol. The molecule has 1 aliphatic rings. The first-order valence-corrected chi connectivity index (χ1v) is 12.0. The molecule has 0 saturated carbocycles. The number of hydrogen-bond donors (Lipinski definition) is 1. The standard InChI is InChI=1S/C29H21N3O6/c1-35-22-10-8-17-24(27(22)36-2)29(34)32-20-6-4-3-5-16(20)18-12-19(31-25(17)26(18)32)28(33)30-13-15-7-9-21-23(11-15)38-14-37-21/h3-12H,13-14H2,1-2H3,(H,30,33). The predicted octanol–water partition coefficient (Wildman–Crippen LogP) is 4.27. The summed E-state index contributed by atoms with van der Waals surface area (Å²) in [6.45, 7) is 0.471. The van der Waals surface area contributed by atoms with E-state index in [0.29, 0.717) is 44.8 Å². The summed E-state index contributed by atoms with van der Waals surface area (Å²) in [5, 5.41) is 5.50. The van der Waals surface area contributed by atoms with Crippen molar-refractivity contribution in [3.63, 3.8) is 0 Å². The number of ether oxygens (including phenoxy) is 4. The van der Waals surface area contributed by atoms with E-state index in [1.165, 1.54) is 14.2 Å². The molecule has 4 heterocycles. The Morgan fingerprint density at radius 2 is 1.82 bits per heavy atom. The van der Waals surface area contributed by atoms with Crippen LogP contribution in [0.25, 0.3) is 38.1 Å². The van der Waals surface area contributed by atoms with Crippen molar-refractivity contribution < 1.29 is 23.7 Å². The molecule has 0 fully saturated rings. The van der Waals surface area contributed by atoms with E-state index in [0.717, 1.165) is 21.9 Å². The highest BCUT2D eigenvalue weighted by Crippen LogP contribution is 2.39. The number of rotatable bonds is 5. The van der Waals surface area contributed by atoms with Crippen LogP contribution in [-0.4, -0.2) is 36.3 Å². The quantitative estimate of drug-likeness (QED) is 0.348. The van der Waals surface area contributed by atoms with E-state index in [2.05, 4.69) is 5.32 Å². The molecule has 188 valence electrons. The van der Waals surface area contributed by atoms with Gasteiger partial charge < -0.3 is 24.3 Å². The number of fused-ring (bicyclic) bond motifs is 6. The van der Waals surface area contributed by atoms with E-state index in [9.17, 15) is 9.59 Å². The van der Waals surface area contributed by atoms with Gasteiger partial charge in [0.2, 0.25) is 6.79 Å². The van der Waals surface area contributed by atoms with E-state index in [4.69, 9.17) is 23.9 Å². The molecule has 1 amide bonds. The Kier molecular flexibility index (Phi) is 4.81. The van der Waals surface area contributed by atoms with Gasteiger partial charge in [0.15, 0.2) is 23.0 Å². The van der Waals surface area contributed by atoms with Gasteiger partial charge in [-0.25, -0.2) is 4.98 Å². The molecule has 3 aromatic carbocycles. The van der Waals surface area contributed by atoms with E-state index in [-0.39, 0.29) is 30.5 Å². The Labute approximate surface area is 215 Å². The minimum Gasteiger partial charge on any atom is -0.493 e. The number of pyridine rings is 2. The van der Waals surface area contributed by atoms with Gasteiger partial charge in [0.1, 0.15) is 5.69 Å². The average molecular weight is 508 g/mol. The minimum absolute atomic E-state index is 0.187. The Hall–Kier alpha value is -5.05. The average Bonchev–Trinajstić information content (AvgIpc) is 3.56. The van der Waals surface area contributed by atoms with Crippen molar-refractivity contribution in [2.24, 2.45) is 0 Å². The summed E-state index contributed by atoms with van der Waals surface area (Å²) in [7, 11) is 3.02. The number of methoxy groups -OCH3 is 2. The number of benzene rings is 3. The van der Waals surface area contributed by atoms with Crippen molar-refractivity contribution in [1.29, 1.82) is 0 Å². The molecule has 9 heteroatoms. The smallest absolute Gasteiger partial charge is 0.270 e. The number of carbonyl (C=O) groups is 1. The maximum Gasteiger partial charge on any atom is 0.270 e. The maximum atomic E-state index is 13.9. The fourth-order valence-electron chi connectivity index (χ4n) is 5.27. The highest BCUT2D eigenvalue weighted by atomic mass is 16.7. The van der Waals surface area contributed by atoms with Crippen molar-refractivity contribution in [3.05, 3.63) is 82.3 Å². The summed E-state index contributed by atoms with van der Waals surface area (Å²) in [6, 6.07) is 18.4. The number of carbonyl (C=O) groups excluding carboxylic acids is 1. The fraction of sp³-hybridized carbons (Fsp3) is 0.138. The molecule has 38 heavy (non-hydrogen) atoms. The molecule has 3 aromatic heterocycles. The summed E-state index contributed by atoms with van der Waals surface area (Å²) in [5.41, 5.74) is 2.78. The molecule has 1 aliphatic heterocycles. The molecule has 0 radical (unpaired) electrons. The van der Waals surface area contributed by atoms with Crippen molar-refractivity contribution >= 4 is 44.0 Å². The first kappa shape index (κ1) is 22.2. The molecule has 7 rings (SSSR count). The molecule has 6 aromatic rings. The molecule has 0 atom stereocenters. The van der Waals surface area contributed by atoms with Crippen LogP contribution in [-0.2, 0) is 6.54 Å². The van der Waals surface area contributed by atoms with Gasteiger partial charge in [0, 0.05) is 22.7 Å². The number of nitrogens with zero attached hydrogens (tertiary/aromatic N) is 2. The molecule has 0 aliphatic carbocycles. The van der Waals surface area contributed by atoms with E-state index in [1.807, 2.05) is 42.5 Å². The third-order valence-electron chi connectivity index (χ3n) is 6.99. The van der Waals surface area contributed by atoms with Crippen LogP contribution in [0.2, 0.25) is 0 Å². The van der Waals surface area contributed by atoms with Crippen LogP contribution in [0.5, 0.6) is 23.0 Å². The van der Waals surface area contributed by atoms with E-state index < -0.39 is 0 Å². The zero-order valence-electron chi connectivity index (χ0n) is 20.5. The van der Waals surface area contributed by atoms with Crippen molar-refractivity contribution in [3.8, 4) is 23.0 Å². The lowest BCUT2D eigenvalue weighted by Crippen LogP contribution is -2.24. The molecular formula is C29H21N3O6. The molecule has 9 nitrogen and oxygen atoms in total. The van der Waals surface area contributed by atoms with Gasteiger partial charge in [0.25, 0.3) is 11.5 Å². The lowest BCUT2D eigenvalue weighted by molar-refractivity contribution is 0.0946. The van der Waals surface area contributed by atoms with Gasteiger partial charge in [-0.05, 0) is 42.0 Å².